The van der Waals surface area contributed by atoms with E-state index in [0.29, 0.717) is 25.2 Å². The Balaban J connectivity index is 2.63. The fourth-order valence-electron chi connectivity index (χ4n) is 1.67. The smallest absolute Gasteiger partial charge is 0.303 e. The lowest BCUT2D eigenvalue weighted by Crippen LogP contribution is -2.27. The number of aliphatic carboxylic acids is 1. The van der Waals surface area contributed by atoms with Gasteiger partial charge in [0, 0.05) is 19.5 Å². The molecule has 0 aliphatic rings. The van der Waals surface area contributed by atoms with E-state index in [0.717, 1.165) is 5.69 Å². The Hall–Kier alpha value is -1.85. The van der Waals surface area contributed by atoms with Gasteiger partial charge in [-0.15, -0.1) is 0 Å². The van der Waals surface area contributed by atoms with Crippen LogP contribution in [0.2, 0.25) is 0 Å². The summed E-state index contributed by atoms with van der Waals surface area (Å²) >= 11 is 0. The minimum absolute atomic E-state index is 0.0601. The van der Waals surface area contributed by atoms with E-state index in [2.05, 4.69) is 10.4 Å². The first-order valence-corrected chi connectivity index (χ1v) is 6.53. The third kappa shape index (κ3) is 4.39. The highest BCUT2D eigenvalue weighted by atomic mass is 16.4. The number of carbonyl (C=O) groups excluding carboxylic acids is 1. The summed E-state index contributed by atoms with van der Waals surface area (Å²) in [6.45, 7) is 6.97. The molecule has 1 amide bonds. The van der Waals surface area contributed by atoms with Crippen LogP contribution in [0.5, 0.6) is 0 Å². The third-order valence-electron chi connectivity index (χ3n) is 2.78. The van der Waals surface area contributed by atoms with Crippen LogP contribution in [-0.4, -0.2) is 33.3 Å². The van der Waals surface area contributed by atoms with Crippen LogP contribution in [0.4, 0.5) is 0 Å². The molecule has 1 rings (SSSR count). The maximum absolute atomic E-state index is 12.0. The van der Waals surface area contributed by atoms with Gasteiger partial charge in [-0.3, -0.25) is 14.3 Å². The summed E-state index contributed by atoms with van der Waals surface area (Å²) in [5.41, 5.74) is 1.42. The van der Waals surface area contributed by atoms with Crippen molar-refractivity contribution in [1.82, 2.24) is 15.1 Å². The van der Waals surface area contributed by atoms with Gasteiger partial charge in [-0.05, 0) is 25.3 Å². The number of nitrogens with one attached hydrogen (secondary N) is 1. The zero-order valence-electron chi connectivity index (χ0n) is 11.6. The minimum Gasteiger partial charge on any atom is -0.481 e. The van der Waals surface area contributed by atoms with Gasteiger partial charge in [0.05, 0.1) is 5.69 Å². The molecule has 0 unspecified atom stereocenters. The number of carboxylic acid groups (broad SMARTS) is 1. The molecule has 1 heterocycles. The molecule has 0 saturated carbocycles. The van der Waals surface area contributed by atoms with Crippen LogP contribution >= 0.6 is 0 Å². The number of nitrogens with zero attached hydrogens (tertiary/aromatic N) is 2. The SMILES string of the molecule is CCn1nc(C(C)C)cc1C(=O)NCCCC(=O)O. The van der Waals surface area contributed by atoms with Crippen LogP contribution in [0.25, 0.3) is 0 Å². The van der Waals surface area contributed by atoms with Crippen LogP contribution in [-0.2, 0) is 11.3 Å². The molecule has 2 N–H and O–H groups in total. The van der Waals surface area contributed by atoms with Gasteiger partial charge in [-0.25, -0.2) is 0 Å². The van der Waals surface area contributed by atoms with Gasteiger partial charge >= 0.3 is 5.97 Å². The van der Waals surface area contributed by atoms with Crippen molar-refractivity contribution in [2.24, 2.45) is 0 Å². The molecule has 0 atom stereocenters. The highest BCUT2D eigenvalue weighted by molar-refractivity contribution is 5.92. The molecule has 19 heavy (non-hydrogen) atoms. The van der Waals surface area contributed by atoms with Crippen molar-refractivity contribution in [3.05, 3.63) is 17.5 Å². The molecule has 0 bridgehead atoms. The van der Waals surface area contributed by atoms with Crippen LogP contribution in [0.1, 0.15) is 55.7 Å². The monoisotopic (exact) mass is 267 g/mol. The fourth-order valence-corrected chi connectivity index (χ4v) is 1.67. The Bertz CT molecular complexity index is 452. The van der Waals surface area contributed by atoms with E-state index in [1.54, 1.807) is 10.7 Å². The number of carboxylic acids is 1. The lowest BCUT2D eigenvalue weighted by molar-refractivity contribution is -0.137. The summed E-state index contributed by atoms with van der Waals surface area (Å²) in [7, 11) is 0. The number of amides is 1. The van der Waals surface area contributed by atoms with E-state index in [1.807, 2.05) is 20.8 Å². The second-order valence-electron chi connectivity index (χ2n) is 4.68. The van der Waals surface area contributed by atoms with Gasteiger partial charge in [0.15, 0.2) is 0 Å². The Morgan fingerprint density at radius 2 is 2.16 bits per heavy atom. The van der Waals surface area contributed by atoms with Gasteiger partial charge in [-0.1, -0.05) is 13.8 Å². The number of hydrogen-bond donors (Lipinski definition) is 2. The van der Waals surface area contributed by atoms with Gasteiger partial charge in [0.2, 0.25) is 0 Å². The largest absolute Gasteiger partial charge is 0.481 e. The number of aryl methyl sites for hydroxylation is 1. The molecule has 0 radical (unpaired) electrons. The van der Waals surface area contributed by atoms with Crippen molar-refractivity contribution in [1.29, 1.82) is 0 Å². The summed E-state index contributed by atoms with van der Waals surface area (Å²) < 4.78 is 1.67. The minimum atomic E-state index is -0.852. The average Bonchev–Trinajstić information content (AvgIpc) is 2.78. The maximum Gasteiger partial charge on any atom is 0.303 e. The predicted molar refractivity (Wildman–Crippen MR) is 71.2 cm³/mol. The van der Waals surface area contributed by atoms with Crippen LogP contribution in [0.15, 0.2) is 6.07 Å². The topological polar surface area (TPSA) is 84.2 Å². The highest BCUT2D eigenvalue weighted by Crippen LogP contribution is 2.14. The van der Waals surface area contributed by atoms with E-state index in [4.69, 9.17) is 5.11 Å². The van der Waals surface area contributed by atoms with Crippen LogP contribution in [0, 0.1) is 0 Å². The molecule has 0 aliphatic carbocycles. The fraction of sp³-hybridized carbons (Fsp3) is 0.615. The first kappa shape index (κ1) is 15.2. The molecule has 6 heteroatoms. The summed E-state index contributed by atoms with van der Waals surface area (Å²) in [5, 5.41) is 15.6. The summed E-state index contributed by atoms with van der Waals surface area (Å²) in [6.07, 6.45) is 0.489. The number of hydrogen-bond acceptors (Lipinski definition) is 3. The maximum atomic E-state index is 12.0. The first-order valence-electron chi connectivity index (χ1n) is 6.53. The molecule has 1 aromatic heterocycles. The zero-order valence-corrected chi connectivity index (χ0v) is 11.6. The molecular weight excluding hydrogens is 246 g/mol. The standard InChI is InChI=1S/C13H21N3O3/c1-4-16-11(8-10(15-16)9(2)3)13(19)14-7-5-6-12(17)18/h8-9H,4-7H2,1-3H3,(H,14,19)(H,17,18). The molecule has 0 saturated heterocycles. The normalized spacial score (nSPS) is 10.7. The van der Waals surface area contributed by atoms with Gasteiger partial charge in [-0.2, -0.15) is 5.10 Å². The lowest BCUT2D eigenvalue weighted by Gasteiger charge is -2.05. The summed E-state index contributed by atoms with van der Waals surface area (Å²) in [4.78, 5) is 22.4. The second kappa shape index (κ2) is 6.92. The Morgan fingerprint density at radius 1 is 1.47 bits per heavy atom. The van der Waals surface area contributed by atoms with E-state index in [-0.39, 0.29) is 18.2 Å². The Morgan fingerprint density at radius 3 is 2.68 bits per heavy atom. The second-order valence-corrected chi connectivity index (χ2v) is 4.68. The molecule has 106 valence electrons. The molecule has 0 aliphatic heterocycles. The Kier molecular flexibility index (Phi) is 5.54. The quantitative estimate of drug-likeness (QED) is 0.735. The summed E-state index contributed by atoms with van der Waals surface area (Å²) in [6, 6.07) is 1.79. The zero-order chi connectivity index (χ0) is 14.4. The van der Waals surface area contributed by atoms with E-state index >= 15 is 0 Å². The van der Waals surface area contributed by atoms with Gasteiger partial charge in [0.1, 0.15) is 5.69 Å². The average molecular weight is 267 g/mol. The van der Waals surface area contributed by atoms with E-state index < -0.39 is 5.97 Å². The molecule has 1 aromatic rings. The molecule has 0 aromatic carbocycles. The molecule has 0 spiro atoms. The van der Waals surface area contributed by atoms with Crippen molar-refractivity contribution >= 4 is 11.9 Å². The third-order valence-corrected chi connectivity index (χ3v) is 2.78. The van der Waals surface area contributed by atoms with Crippen molar-refractivity contribution < 1.29 is 14.7 Å². The lowest BCUT2D eigenvalue weighted by atomic mass is 10.1. The Labute approximate surface area is 112 Å². The van der Waals surface area contributed by atoms with Crippen LogP contribution in [0.3, 0.4) is 0 Å². The number of carbonyl (C=O) groups is 2. The van der Waals surface area contributed by atoms with Crippen molar-refractivity contribution in [2.45, 2.75) is 46.1 Å². The van der Waals surface area contributed by atoms with E-state index in [9.17, 15) is 9.59 Å². The first-order chi connectivity index (χ1) is 8.95. The predicted octanol–water partition coefficient (Wildman–Crippen LogP) is 1.62. The number of aromatic nitrogens is 2. The molecule has 0 fully saturated rings. The van der Waals surface area contributed by atoms with Gasteiger partial charge in [0.25, 0.3) is 5.91 Å². The highest BCUT2D eigenvalue weighted by Gasteiger charge is 2.15. The van der Waals surface area contributed by atoms with E-state index in [1.165, 1.54) is 0 Å². The molecular formula is C13H21N3O3. The van der Waals surface area contributed by atoms with Crippen molar-refractivity contribution in [3.63, 3.8) is 0 Å². The van der Waals surface area contributed by atoms with Crippen molar-refractivity contribution in [2.75, 3.05) is 6.54 Å². The van der Waals surface area contributed by atoms with Crippen LogP contribution < -0.4 is 5.32 Å². The van der Waals surface area contributed by atoms with Crippen molar-refractivity contribution in [3.8, 4) is 0 Å². The molecule has 6 nitrogen and oxygen atoms in total. The number of rotatable bonds is 7. The summed E-state index contributed by atoms with van der Waals surface area (Å²) in [5.74, 6) is -0.784. The van der Waals surface area contributed by atoms with Gasteiger partial charge < -0.3 is 10.4 Å².